The van der Waals surface area contributed by atoms with Crippen molar-refractivity contribution in [3.05, 3.63) is 23.0 Å². The molecule has 1 aromatic heterocycles. The molecule has 3 nitrogen and oxygen atoms in total. The first-order chi connectivity index (χ1) is 4.63. The standard InChI is InChI=1S/C7H9NO2/c1-4-5(2)8-3-6(4)7(9)10/h3,8H,1-2H3,(H,9,10). The molecule has 0 aliphatic carbocycles. The summed E-state index contributed by atoms with van der Waals surface area (Å²) in [4.78, 5) is 13.3. The predicted molar refractivity (Wildman–Crippen MR) is 37.2 cm³/mol. The number of hydrogen-bond donors (Lipinski definition) is 2. The lowest BCUT2D eigenvalue weighted by Gasteiger charge is -1.89. The van der Waals surface area contributed by atoms with Gasteiger partial charge in [0.2, 0.25) is 0 Å². The molecule has 0 amide bonds. The first-order valence-corrected chi connectivity index (χ1v) is 3.01. The Morgan fingerprint density at radius 2 is 2.20 bits per heavy atom. The van der Waals surface area contributed by atoms with Gasteiger partial charge in [-0.2, -0.15) is 0 Å². The van der Waals surface area contributed by atoms with Crippen LogP contribution in [0.25, 0.3) is 0 Å². The van der Waals surface area contributed by atoms with Gasteiger partial charge >= 0.3 is 5.97 Å². The third kappa shape index (κ3) is 0.900. The molecule has 2 N–H and O–H groups in total. The Labute approximate surface area is 58.7 Å². The number of hydrogen-bond acceptors (Lipinski definition) is 1. The Morgan fingerprint density at radius 1 is 1.60 bits per heavy atom. The van der Waals surface area contributed by atoms with E-state index in [-0.39, 0.29) is 0 Å². The van der Waals surface area contributed by atoms with Crippen molar-refractivity contribution in [3.63, 3.8) is 0 Å². The molecule has 1 heterocycles. The molecule has 0 saturated carbocycles. The average Bonchev–Trinajstić information content (AvgIpc) is 2.14. The maximum absolute atomic E-state index is 10.4. The van der Waals surface area contributed by atoms with E-state index >= 15 is 0 Å². The highest BCUT2D eigenvalue weighted by Gasteiger charge is 2.08. The number of rotatable bonds is 1. The second kappa shape index (κ2) is 2.17. The Kier molecular flexibility index (Phi) is 1.49. The number of nitrogens with one attached hydrogen (secondary N) is 1. The largest absolute Gasteiger partial charge is 0.478 e. The molecule has 0 spiro atoms. The van der Waals surface area contributed by atoms with E-state index in [4.69, 9.17) is 5.11 Å². The fourth-order valence-electron chi connectivity index (χ4n) is 0.821. The third-order valence-electron chi connectivity index (χ3n) is 1.63. The lowest BCUT2D eigenvalue weighted by molar-refractivity contribution is 0.0696. The quantitative estimate of drug-likeness (QED) is 0.616. The van der Waals surface area contributed by atoms with Gasteiger partial charge < -0.3 is 10.1 Å². The smallest absolute Gasteiger partial charge is 0.337 e. The van der Waals surface area contributed by atoms with Crippen molar-refractivity contribution >= 4 is 5.97 Å². The van der Waals surface area contributed by atoms with E-state index in [1.54, 1.807) is 6.92 Å². The van der Waals surface area contributed by atoms with Crippen LogP contribution in [-0.2, 0) is 0 Å². The molecule has 0 unspecified atom stereocenters. The van der Waals surface area contributed by atoms with Gasteiger partial charge in [0.05, 0.1) is 5.56 Å². The molecule has 0 aliphatic heterocycles. The highest BCUT2D eigenvalue weighted by Crippen LogP contribution is 2.10. The topological polar surface area (TPSA) is 53.1 Å². The zero-order valence-corrected chi connectivity index (χ0v) is 5.93. The van der Waals surface area contributed by atoms with E-state index in [9.17, 15) is 4.79 Å². The molecule has 10 heavy (non-hydrogen) atoms. The van der Waals surface area contributed by atoms with Crippen LogP contribution < -0.4 is 0 Å². The summed E-state index contributed by atoms with van der Waals surface area (Å²) in [6, 6.07) is 0. The van der Waals surface area contributed by atoms with E-state index in [1.807, 2.05) is 6.92 Å². The van der Waals surface area contributed by atoms with Crippen LogP contribution in [0, 0.1) is 13.8 Å². The van der Waals surface area contributed by atoms with Gasteiger partial charge in [-0.3, -0.25) is 0 Å². The van der Waals surface area contributed by atoms with Crippen LogP contribution in [0.4, 0.5) is 0 Å². The van der Waals surface area contributed by atoms with E-state index in [0.717, 1.165) is 11.3 Å². The number of carbonyl (C=O) groups is 1. The molecular formula is C7H9NO2. The van der Waals surface area contributed by atoms with E-state index in [0.29, 0.717) is 5.56 Å². The fourth-order valence-corrected chi connectivity index (χ4v) is 0.821. The van der Waals surface area contributed by atoms with E-state index < -0.39 is 5.97 Å². The van der Waals surface area contributed by atoms with Crippen LogP contribution in [0.3, 0.4) is 0 Å². The minimum absolute atomic E-state index is 0.359. The summed E-state index contributed by atoms with van der Waals surface area (Å²) in [6.07, 6.45) is 1.51. The Bertz CT molecular complexity index is 263. The molecular weight excluding hydrogens is 130 g/mol. The van der Waals surface area contributed by atoms with Crippen LogP contribution in [0.2, 0.25) is 0 Å². The minimum Gasteiger partial charge on any atom is -0.478 e. The molecule has 0 bridgehead atoms. The van der Waals surface area contributed by atoms with Gasteiger partial charge in [-0.1, -0.05) is 0 Å². The van der Waals surface area contributed by atoms with Crippen molar-refractivity contribution < 1.29 is 9.90 Å². The van der Waals surface area contributed by atoms with Gasteiger partial charge in [-0.15, -0.1) is 0 Å². The molecule has 0 aliphatic rings. The second-order valence-electron chi connectivity index (χ2n) is 2.26. The van der Waals surface area contributed by atoms with Gasteiger partial charge in [0.25, 0.3) is 0 Å². The highest BCUT2D eigenvalue weighted by molar-refractivity contribution is 5.89. The number of carboxylic acids is 1. The van der Waals surface area contributed by atoms with Crippen molar-refractivity contribution in [1.29, 1.82) is 0 Å². The Balaban J connectivity index is 3.17. The van der Waals surface area contributed by atoms with Crippen LogP contribution in [0.15, 0.2) is 6.20 Å². The highest BCUT2D eigenvalue weighted by atomic mass is 16.4. The van der Waals surface area contributed by atoms with Crippen LogP contribution in [0.5, 0.6) is 0 Å². The van der Waals surface area contributed by atoms with Crippen molar-refractivity contribution in [2.24, 2.45) is 0 Å². The van der Waals surface area contributed by atoms with E-state index in [1.165, 1.54) is 6.20 Å². The van der Waals surface area contributed by atoms with Crippen molar-refractivity contribution in [2.75, 3.05) is 0 Å². The van der Waals surface area contributed by atoms with Gasteiger partial charge in [0, 0.05) is 11.9 Å². The number of H-pyrrole nitrogens is 1. The molecule has 54 valence electrons. The SMILES string of the molecule is Cc1[nH]cc(C(=O)O)c1C. The second-order valence-corrected chi connectivity index (χ2v) is 2.26. The van der Waals surface area contributed by atoms with Gasteiger partial charge in [-0.25, -0.2) is 4.79 Å². The molecule has 1 aromatic rings. The van der Waals surface area contributed by atoms with Gasteiger partial charge in [-0.05, 0) is 19.4 Å². The number of aryl methyl sites for hydroxylation is 1. The maximum atomic E-state index is 10.4. The summed E-state index contributed by atoms with van der Waals surface area (Å²) in [5.41, 5.74) is 2.09. The maximum Gasteiger partial charge on any atom is 0.337 e. The molecule has 3 heteroatoms. The zero-order valence-electron chi connectivity index (χ0n) is 5.93. The molecule has 0 atom stereocenters. The summed E-state index contributed by atoms with van der Waals surface area (Å²) >= 11 is 0. The predicted octanol–water partition coefficient (Wildman–Crippen LogP) is 1.33. The van der Waals surface area contributed by atoms with Crippen LogP contribution in [0.1, 0.15) is 21.6 Å². The number of aromatic nitrogens is 1. The number of aromatic carboxylic acids is 1. The first-order valence-electron chi connectivity index (χ1n) is 3.01. The lowest BCUT2D eigenvalue weighted by Crippen LogP contribution is -1.95. The molecule has 0 saturated heterocycles. The summed E-state index contributed by atoms with van der Waals surface area (Å²) in [6.45, 7) is 3.64. The fraction of sp³-hybridized carbons (Fsp3) is 0.286. The molecule has 0 fully saturated rings. The van der Waals surface area contributed by atoms with Crippen molar-refractivity contribution in [1.82, 2.24) is 4.98 Å². The number of carboxylic acid groups (broad SMARTS) is 1. The van der Waals surface area contributed by atoms with Crippen LogP contribution in [-0.4, -0.2) is 16.1 Å². The third-order valence-corrected chi connectivity index (χ3v) is 1.63. The summed E-state index contributed by atoms with van der Waals surface area (Å²) < 4.78 is 0. The lowest BCUT2D eigenvalue weighted by atomic mass is 10.2. The zero-order chi connectivity index (χ0) is 7.72. The van der Waals surface area contributed by atoms with Crippen molar-refractivity contribution in [3.8, 4) is 0 Å². The molecule has 0 radical (unpaired) electrons. The summed E-state index contributed by atoms with van der Waals surface area (Å²) in [5, 5.41) is 8.56. The Hall–Kier alpha value is -1.25. The minimum atomic E-state index is -0.873. The summed E-state index contributed by atoms with van der Waals surface area (Å²) in [5.74, 6) is -0.873. The normalized spacial score (nSPS) is 9.80. The first kappa shape index (κ1) is 6.86. The molecule has 0 aromatic carbocycles. The summed E-state index contributed by atoms with van der Waals surface area (Å²) in [7, 11) is 0. The van der Waals surface area contributed by atoms with Crippen LogP contribution >= 0.6 is 0 Å². The monoisotopic (exact) mass is 139 g/mol. The number of aromatic amines is 1. The molecule has 1 rings (SSSR count). The van der Waals surface area contributed by atoms with Gasteiger partial charge in [0.1, 0.15) is 0 Å². The van der Waals surface area contributed by atoms with Crippen molar-refractivity contribution in [2.45, 2.75) is 13.8 Å². The van der Waals surface area contributed by atoms with Gasteiger partial charge in [0.15, 0.2) is 0 Å². The van der Waals surface area contributed by atoms with E-state index in [2.05, 4.69) is 4.98 Å². The average molecular weight is 139 g/mol. The Morgan fingerprint density at radius 3 is 2.40 bits per heavy atom.